The summed E-state index contributed by atoms with van der Waals surface area (Å²) in [5, 5.41) is 3.38. The van der Waals surface area contributed by atoms with Crippen LogP contribution in [-0.4, -0.2) is 11.9 Å². The molecular formula is C19H25NO. The van der Waals surface area contributed by atoms with E-state index in [0.717, 1.165) is 30.2 Å². The van der Waals surface area contributed by atoms with E-state index in [0.29, 0.717) is 6.04 Å². The second-order valence-electron chi connectivity index (χ2n) is 7.25. The van der Waals surface area contributed by atoms with Crippen molar-refractivity contribution in [2.75, 3.05) is 0 Å². The van der Waals surface area contributed by atoms with Gasteiger partial charge in [0.15, 0.2) is 0 Å². The quantitative estimate of drug-likeness (QED) is 0.877. The molecule has 2 bridgehead atoms. The van der Waals surface area contributed by atoms with Gasteiger partial charge < -0.3 is 5.32 Å². The molecule has 4 aliphatic carbocycles. The van der Waals surface area contributed by atoms with Gasteiger partial charge in [-0.05, 0) is 74.0 Å². The van der Waals surface area contributed by atoms with Gasteiger partial charge in [-0.25, -0.2) is 0 Å². The maximum atomic E-state index is 12.8. The van der Waals surface area contributed by atoms with Crippen molar-refractivity contribution in [2.45, 2.75) is 63.8 Å². The van der Waals surface area contributed by atoms with Crippen LogP contribution >= 0.6 is 0 Å². The standard InChI is InChI=1S/C19H25NO/c21-19(20-18-12-13-8-10-15(18)11-9-13)17-7-3-5-14-4-1-2-6-16(14)17/h3,5,7,13,15,18H,1-2,4,6,8-12H2,(H,20,21)/t13?,15?,18-/m1/s1. The van der Waals surface area contributed by atoms with Gasteiger partial charge in [0.05, 0.1) is 0 Å². The average Bonchev–Trinajstić information content (AvgIpc) is 2.55. The maximum Gasteiger partial charge on any atom is 0.251 e. The van der Waals surface area contributed by atoms with E-state index in [1.165, 1.54) is 56.1 Å². The molecular weight excluding hydrogens is 258 g/mol. The zero-order chi connectivity index (χ0) is 14.2. The maximum absolute atomic E-state index is 12.8. The Hall–Kier alpha value is -1.31. The number of nitrogens with one attached hydrogen (secondary N) is 1. The van der Waals surface area contributed by atoms with Crippen LogP contribution in [0.2, 0.25) is 0 Å². The lowest BCUT2D eigenvalue weighted by Gasteiger charge is -2.42. The summed E-state index contributed by atoms with van der Waals surface area (Å²) in [7, 11) is 0. The number of fused-ring (bicyclic) bond motifs is 4. The molecule has 0 radical (unpaired) electrons. The topological polar surface area (TPSA) is 29.1 Å². The van der Waals surface area contributed by atoms with Crippen LogP contribution in [0.5, 0.6) is 0 Å². The molecule has 2 nitrogen and oxygen atoms in total. The summed E-state index contributed by atoms with van der Waals surface area (Å²) in [5.74, 6) is 1.79. The Labute approximate surface area is 127 Å². The van der Waals surface area contributed by atoms with E-state index < -0.39 is 0 Å². The van der Waals surface area contributed by atoms with Crippen molar-refractivity contribution >= 4 is 5.91 Å². The lowest BCUT2D eigenvalue weighted by Crippen LogP contribution is -2.47. The summed E-state index contributed by atoms with van der Waals surface area (Å²) in [6, 6.07) is 6.73. The molecule has 1 amide bonds. The molecule has 5 rings (SSSR count). The molecule has 2 heteroatoms. The van der Waals surface area contributed by atoms with Crippen molar-refractivity contribution in [3.05, 3.63) is 34.9 Å². The average molecular weight is 283 g/mol. The lowest BCUT2D eigenvalue weighted by atomic mass is 9.68. The fraction of sp³-hybridized carbons (Fsp3) is 0.632. The smallest absolute Gasteiger partial charge is 0.251 e. The van der Waals surface area contributed by atoms with Crippen molar-refractivity contribution in [2.24, 2.45) is 11.8 Å². The van der Waals surface area contributed by atoms with Crippen LogP contribution < -0.4 is 5.32 Å². The monoisotopic (exact) mass is 283 g/mol. The van der Waals surface area contributed by atoms with E-state index in [2.05, 4.69) is 17.4 Å². The summed E-state index contributed by atoms with van der Waals surface area (Å²) in [6.45, 7) is 0. The Morgan fingerprint density at radius 3 is 2.62 bits per heavy atom. The molecule has 1 atom stereocenters. The molecule has 0 saturated heterocycles. The predicted octanol–water partition coefficient (Wildman–Crippen LogP) is 3.87. The minimum atomic E-state index is 0.186. The highest BCUT2D eigenvalue weighted by atomic mass is 16.1. The van der Waals surface area contributed by atoms with Gasteiger partial charge in [0.1, 0.15) is 0 Å². The Morgan fingerprint density at radius 1 is 1.05 bits per heavy atom. The Kier molecular flexibility index (Phi) is 3.48. The fourth-order valence-electron chi connectivity index (χ4n) is 4.79. The van der Waals surface area contributed by atoms with Crippen molar-refractivity contribution in [3.8, 4) is 0 Å². The molecule has 0 heterocycles. The van der Waals surface area contributed by atoms with Crippen LogP contribution in [0.25, 0.3) is 0 Å². The fourth-order valence-corrected chi connectivity index (χ4v) is 4.79. The molecule has 1 aromatic carbocycles. The van der Waals surface area contributed by atoms with Gasteiger partial charge in [-0.3, -0.25) is 4.79 Å². The van der Waals surface area contributed by atoms with Gasteiger partial charge in [0.25, 0.3) is 5.91 Å². The largest absolute Gasteiger partial charge is 0.349 e. The number of benzene rings is 1. The molecule has 3 fully saturated rings. The van der Waals surface area contributed by atoms with Gasteiger partial charge >= 0.3 is 0 Å². The summed E-state index contributed by atoms with van der Waals surface area (Å²) < 4.78 is 0. The zero-order valence-corrected chi connectivity index (χ0v) is 12.7. The lowest BCUT2D eigenvalue weighted by molar-refractivity contribution is 0.0809. The SMILES string of the molecule is O=C(N[C@@H]1CC2CCC1CC2)c1cccc2c1CCCC2. The molecule has 0 aliphatic heterocycles. The van der Waals surface area contributed by atoms with E-state index >= 15 is 0 Å². The minimum absolute atomic E-state index is 0.186. The van der Waals surface area contributed by atoms with Crippen LogP contribution in [-0.2, 0) is 12.8 Å². The van der Waals surface area contributed by atoms with Gasteiger partial charge in [0, 0.05) is 11.6 Å². The van der Waals surface area contributed by atoms with Crippen LogP contribution in [0.1, 0.15) is 66.4 Å². The first-order chi connectivity index (χ1) is 10.3. The molecule has 0 spiro atoms. The van der Waals surface area contributed by atoms with Gasteiger partial charge in [-0.15, -0.1) is 0 Å². The van der Waals surface area contributed by atoms with E-state index in [4.69, 9.17) is 0 Å². The molecule has 1 aromatic rings. The summed E-state index contributed by atoms with van der Waals surface area (Å²) in [5.41, 5.74) is 3.68. The molecule has 0 unspecified atom stereocenters. The Bertz CT molecular complexity index is 542. The number of hydrogen-bond acceptors (Lipinski definition) is 1. The van der Waals surface area contributed by atoms with Gasteiger partial charge in [-0.2, -0.15) is 0 Å². The van der Waals surface area contributed by atoms with Crippen molar-refractivity contribution in [1.29, 1.82) is 0 Å². The normalized spacial score (nSPS) is 30.8. The van der Waals surface area contributed by atoms with Crippen molar-refractivity contribution < 1.29 is 4.79 Å². The molecule has 1 N–H and O–H groups in total. The third kappa shape index (κ3) is 2.49. The first-order valence-corrected chi connectivity index (χ1v) is 8.73. The highest BCUT2D eigenvalue weighted by molar-refractivity contribution is 5.96. The van der Waals surface area contributed by atoms with Crippen LogP contribution in [0.15, 0.2) is 18.2 Å². The Morgan fingerprint density at radius 2 is 1.86 bits per heavy atom. The van der Waals surface area contributed by atoms with E-state index in [-0.39, 0.29) is 5.91 Å². The predicted molar refractivity (Wildman–Crippen MR) is 84.4 cm³/mol. The van der Waals surface area contributed by atoms with Crippen molar-refractivity contribution in [3.63, 3.8) is 0 Å². The molecule has 112 valence electrons. The van der Waals surface area contributed by atoms with Crippen molar-refractivity contribution in [1.82, 2.24) is 5.32 Å². The van der Waals surface area contributed by atoms with E-state index in [1.54, 1.807) is 0 Å². The van der Waals surface area contributed by atoms with Gasteiger partial charge in [0.2, 0.25) is 0 Å². The molecule has 21 heavy (non-hydrogen) atoms. The number of carbonyl (C=O) groups excluding carboxylic acids is 1. The molecule has 0 aromatic heterocycles. The van der Waals surface area contributed by atoms with Crippen LogP contribution in [0.4, 0.5) is 0 Å². The molecule has 3 saturated carbocycles. The van der Waals surface area contributed by atoms with Crippen LogP contribution in [0.3, 0.4) is 0 Å². The number of amides is 1. The van der Waals surface area contributed by atoms with E-state index in [1.807, 2.05) is 6.07 Å². The summed E-state index contributed by atoms with van der Waals surface area (Å²) >= 11 is 0. The zero-order valence-electron chi connectivity index (χ0n) is 12.7. The minimum Gasteiger partial charge on any atom is -0.349 e. The number of carbonyl (C=O) groups is 1. The van der Waals surface area contributed by atoms with Gasteiger partial charge in [-0.1, -0.05) is 25.0 Å². The highest BCUT2D eigenvalue weighted by Gasteiger charge is 2.36. The summed E-state index contributed by atoms with van der Waals surface area (Å²) in [6.07, 6.45) is 11.3. The Balaban J connectivity index is 1.53. The van der Waals surface area contributed by atoms with E-state index in [9.17, 15) is 4.79 Å². The van der Waals surface area contributed by atoms with Crippen LogP contribution in [0, 0.1) is 11.8 Å². The second kappa shape index (κ2) is 5.47. The highest BCUT2D eigenvalue weighted by Crippen LogP contribution is 2.41. The first kappa shape index (κ1) is 13.4. The number of hydrogen-bond donors (Lipinski definition) is 1. The first-order valence-electron chi connectivity index (χ1n) is 8.73. The second-order valence-corrected chi connectivity index (χ2v) is 7.25. The molecule has 4 aliphatic rings. The number of rotatable bonds is 2. The third-order valence-corrected chi connectivity index (χ3v) is 6.00. The summed E-state index contributed by atoms with van der Waals surface area (Å²) in [4.78, 5) is 12.8. The number of aryl methyl sites for hydroxylation is 1. The third-order valence-electron chi connectivity index (χ3n) is 6.00.